The molecule has 2 rings (SSSR count). The second-order valence-electron chi connectivity index (χ2n) is 4.32. The van der Waals surface area contributed by atoms with Crippen LogP contribution in [0.4, 0.5) is 23.7 Å². The van der Waals surface area contributed by atoms with Gasteiger partial charge in [-0.25, -0.2) is 9.48 Å². The number of hydrogen-bond acceptors (Lipinski definition) is 5. The lowest BCUT2D eigenvalue weighted by Crippen LogP contribution is -2.29. The number of nitrogens with zero attached hydrogens (tertiary/aromatic N) is 3. The molecule has 0 saturated heterocycles. The summed E-state index contributed by atoms with van der Waals surface area (Å²) in [5.41, 5.74) is 5.45. The first-order valence-corrected chi connectivity index (χ1v) is 6.04. The highest BCUT2D eigenvalue weighted by Crippen LogP contribution is 2.28. The molecule has 0 bridgehead atoms. The number of hydrogen-bond donors (Lipinski definition) is 2. The van der Waals surface area contributed by atoms with Crippen LogP contribution in [-0.4, -0.2) is 33.2 Å². The van der Waals surface area contributed by atoms with E-state index in [4.69, 9.17) is 10.5 Å². The minimum Gasteiger partial charge on any atom is -0.389 e. The lowest BCUT2D eigenvalue weighted by atomic mass is 10.1. The number of halogens is 3. The van der Waals surface area contributed by atoms with Crippen LogP contribution in [0.25, 0.3) is 11.3 Å². The molecule has 8 nitrogen and oxygen atoms in total. The summed E-state index contributed by atoms with van der Waals surface area (Å²) in [6.45, 7) is 0. The van der Waals surface area contributed by atoms with Gasteiger partial charge in [-0.3, -0.25) is 4.79 Å². The first-order chi connectivity index (χ1) is 10.7. The molecule has 0 fully saturated rings. The van der Waals surface area contributed by atoms with Gasteiger partial charge in [-0.1, -0.05) is 17.3 Å². The number of nitrogens with one attached hydrogen (secondary N) is 1. The van der Waals surface area contributed by atoms with Gasteiger partial charge in [0.05, 0.1) is 0 Å². The summed E-state index contributed by atoms with van der Waals surface area (Å²) < 4.78 is 42.4. The molecule has 2 aromatic rings. The van der Waals surface area contributed by atoms with Gasteiger partial charge in [0.15, 0.2) is 5.69 Å². The molecule has 2 amide bonds. The van der Waals surface area contributed by atoms with Crippen molar-refractivity contribution < 1.29 is 27.5 Å². The second-order valence-corrected chi connectivity index (χ2v) is 4.32. The smallest absolute Gasteiger partial charge is 0.389 e. The van der Waals surface area contributed by atoms with Gasteiger partial charge >= 0.3 is 18.2 Å². The Bertz CT molecular complexity index is 739. The molecular weight excluding hydrogens is 319 g/mol. The van der Waals surface area contributed by atoms with E-state index in [1.54, 1.807) is 5.32 Å². The maximum atomic E-state index is 12.2. The quantitative estimate of drug-likeness (QED) is 0.885. The van der Waals surface area contributed by atoms with Crippen molar-refractivity contribution in [2.45, 2.75) is 6.18 Å². The van der Waals surface area contributed by atoms with Crippen LogP contribution in [-0.2, 0) is 11.8 Å². The monoisotopic (exact) mass is 329 g/mol. The number of primary amides is 1. The zero-order chi connectivity index (χ0) is 17.2. The van der Waals surface area contributed by atoms with E-state index in [0.29, 0.717) is 5.56 Å². The topological polar surface area (TPSA) is 112 Å². The van der Waals surface area contributed by atoms with Crippen molar-refractivity contribution >= 4 is 17.7 Å². The number of anilines is 1. The summed E-state index contributed by atoms with van der Waals surface area (Å²) in [6.07, 6.45) is -6.04. The highest BCUT2D eigenvalue weighted by Gasteiger charge is 2.38. The van der Waals surface area contributed by atoms with Gasteiger partial charge in [-0.15, -0.1) is 5.10 Å². The minimum atomic E-state index is -4.98. The fourth-order valence-corrected chi connectivity index (χ4v) is 1.65. The molecule has 122 valence electrons. The van der Waals surface area contributed by atoms with Crippen LogP contribution in [0, 0.1) is 0 Å². The zero-order valence-corrected chi connectivity index (χ0v) is 11.6. The van der Waals surface area contributed by atoms with E-state index in [1.807, 2.05) is 0 Å². The SMILES string of the molecule is Cn1nnc(-c2ccc(NC(=O)C(F)(F)F)cc2)c1OC(N)=O. The number of alkyl halides is 3. The van der Waals surface area contributed by atoms with E-state index in [0.717, 1.165) is 0 Å². The average Bonchev–Trinajstić information content (AvgIpc) is 2.79. The molecule has 23 heavy (non-hydrogen) atoms. The highest BCUT2D eigenvalue weighted by atomic mass is 19.4. The molecule has 0 aliphatic carbocycles. The molecule has 0 spiro atoms. The molecule has 11 heteroatoms. The number of aromatic nitrogens is 3. The first kappa shape index (κ1) is 16.3. The van der Waals surface area contributed by atoms with E-state index in [-0.39, 0.29) is 17.3 Å². The summed E-state index contributed by atoms with van der Waals surface area (Å²) in [4.78, 5) is 21.7. The van der Waals surface area contributed by atoms with Gasteiger partial charge in [0, 0.05) is 18.3 Å². The molecule has 0 aliphatic heterocycles. The van der Waals surface area contributed by atoms with Crippen LogP contribution in [0.2, 0.25) is 0 Å². The Morgan fingerprint density at radius 2 is 1.87 bits per heavy atom. The Labute approximate surface area is 127 Å². The number of benzene rings is 1. The predicted molar refractivity (Wildman–Crippen MR) is 71.3 cm³/mol. The minimum absolute atomic E-state index is 0.0235. The summed E-state index contributed by atoms with van der Waals surface area (Å²) >= 11 is 0. The van der Waals surface area contributed by atoms with Gasteiger partial charge in [0.25, 0.3) is 5.88 Å². The fourth-order valence-electron chi connectivity index (χ4n) is 1.65. The Morgan fingerprint density at radius 1 is 1.26 bits per heavy atom. The Kier molecular flexibility index (Phi) is 4.20. The summed E-state index contributed by atoms with van der Waals surface area (Å²) in [5, 5.41) is 9.15. The van der Waals surface area contributed by atoms with Gasteiger partial charge in [-0.05, 0) is 12.1 Å². The molecular formula is C12H10F3N5O3. The molecule has 0 radical (unpaired) electrons. The lowest BCUT2D eigenvalue weighted by molar-refractivity contribution is -0.167. The van der Waals surface area contributed by atoms with Crippen molar-refractivity contribution in [2.24, 2.45) is 12.8 Å². The number of carbonyl (C=O) groups excluding carboxylic acids is 2. The van der Waals surface area contributed by atoms with Gasteiger partial charge in [0.1, 0.15) is 0 Å². The molecule has 1 aromatic carbocycles. The number of aryl methyl sites for hydroxylation is 1. The van der Waals surface area contributed by atoms with Crippen molar-refractivity contribution in [2.75, 3.05) is 5.32 Å². The van der Waals surface area contributed by atoms with Crippen molar-refractivity contribution in [1.29, 1.82) is 0 Å². The number of rotatable bonds is 3. The molecule has 0 aliphatic rings. The second kappa shape index (κ2) is 5.94. The molecule has 0 atom stereocenters. The third-order valence-corrected chi connectivity index (χ3v) is 2.65. The van der Waals surface area contributed by atoms with Gasteiger partial charge in [-0.2, -0.15) is 13.2 Å². The number of nitrogens with two attached hydrogens (primary N) is 1. The van der Waals surface area contributed by atoms with Crippen LogP contribution in [0.1, 0.15) is 0 Å². The van der Waals surface area contributed by atoms with Crippen LogP contribution in [0.3, 0.4) is 0 Å². The van der Waals surface area contributed by atoms with E-state index >= 15 is 0 Å². The number of carbonyl (C=O) groups is 2. The van der Waals surface area contributed by atoms with Crippen molar-refractivity contribution in [3.63, 3.8) is 0 Å². The van der Waals surface area contributed by atoms with Gasteiger partial charge in [0.2, 0.25) is 0 Å². The Hall–Kier alpha value is -3.11. The first-order valence-electron chi connectivity index (χ1n) is 6.04. The largest absolute Gasteiger partial charge is 0.471 e. The normalized spacial score (nSPS) is 11.1. The highest BCUT2D eigenvalue weighted by molar-refractivity contribution is 5.95. The number of ether oxygens (including phenoxy) is 1. The zero-order valence-electron chi connectivity index (χ0n) is 11.6. The van der Waals surface area contributed by atoms with Crippen molar-refractivity contribution in [1.82, 2.24) is 15.0 Å². The van der Waals surface area contributed by atoms with Gasteiger partial charge < -0.3 is 15.8 Å². The summed E-state index contributed by atoms with van der Waals surface area (Å²) in [6, 6.07) is 5.23. The molecule has 1 aromatic heterocycles. The van der Waals surface area contributed by atoms with Crippen LogP contribution >= 0.6 is 0 Å². The third kappa shape index (κ3) is 3.75. The van der Waals surface area contributed by atoms with Crippen LogP contribution in [0.15, 0.2) is 24.3 Å². The number of amides is 2. The molecule has 1 heterocycles. The van der Waals surface area contributed by atoms with E-state index in [9.17, 15) is 22.8 Å². The lowest BCUT2D eigenvalue weighted by Gasteiger charge is -2.08. The maximum Gasteiger partial charge on any atom is 0.471 e. The third-order valence-electron chi connectivity index (χ3n) is 2.65. The molecule has 0 unspecified atom stereocenters. The fraction of sp³-hybridized carbons (Fsp3) is 0.167. The Balaban J connectivity index is 2.24. The summed E-state index contributed by atoms with van der Waals surface area (Å²) in [5.74, 6) is -2.10. The average molecular weight is 329 g/mol. The van der Waals surface area contributed by atoms with Crippen molar-refractivity contribution in [3.8, 4) is 17.1 Å². The van der Waals surface area contributed by atoms with E-state index in [2.05, 4.69) is 10.3 Å². The Morgan fingerprint density at radius 3 is 2.39 bits per heavy atom. The van der Waals surface area contributed by atoms with Crippen LogP contribution in [0.5, 0.6) is 5.88 Å². The molecule has 0 saturated carbocycles. The maximum absolute atomic E-state index is 12.2. The van der Waals surface area contributed by atoms with E-state index in [1.165, 1.54) is 36.0 Å². The van der Waals surface area contributed by atoms with E-state index < -0.39 is 18.2 Å². The standard InChI is InChI=1S/C12H10F3N5O3/c1-20-9(23-11(16)22)8(18-19-20)6-2-4-7(5-3-6)17-10(21)12(13,14)15/h2-5H,1H3,(H2,16,22)(H,17,21). The van der Waals surface area contributed by atoms with Crippen LogP contribution < -0.4 is 15.8 Å². The predicted octanol–water partition coefficient (Wildman–Crippen LogP) is 1.44. The van der Waals surface area contributed by atoms with Crippen molar-refractivity contribution in [3.05, 3.63) is 24.3 Å². The summed E-state index contributed by atoms with van der Waals surface area (Å²) in [7, 11) is 1.46. The molecule has 3 N–H and O–H groups in total.